The highest BCUT2D eigenvalue weighted by molar-refractivity contribution is 4.83. The average molecular weight is 239 g/mol. The molecule has 0 amide bonds. The van der Waals surface area contributed by atoms with Gasteiger partial charge in [0.05, 0.1) is 0 Å². The molecule has 0 aromatic carbocycles. The summed E-state index contributed by atoms with van der Waals surface area (Å²) in [4.78, 5) is 0. The zero-order valence-corrected chi connectivity index (χ0v) is 12.3. The van der Waals surface area contributed by atoms with Crippen molar-refractivity contribution in [3.8, 4) is 0 Å². The van der Waals surface area contributed by atoms with Crippen LogP contribution in [0.5, 0.6) is 0 Å². The summed E-state index contributed by atoms with van der Waals surface area (Å²) in [5.41, 5.74) is 0. The molecule has 1 fully saturated rings. The van der Waals surface area contributed by atoms with Crippen molar-refractivity contribution in [2.45, 2.75) is 84.1 Å². The molecule has 0 aliphatic heterocycles. The maximum Gasteiger partial charge on any atom is 0.00925 e. The highest BCUT2D eigenvalue weighted by Crippen LogP contribution is 2.34. The highest BCUT2D eigenvalue weighted by atomic mass is 14.9. The van der Waals surface area contributed by atoms with Crippen LogP contribution in [-0.2, 0) is 0 Å². The normalized spacial score (nSPS) is 29.5. The molecule has 1 saturated carbocycles. The van der Waals surface area contributed by atoms with Crippen LogP contribution in [0.15, 0.2) is 0 Å². The largest absolute Gasteiger partial charge is 0.317 e. The van der Waals surface area contributed by atoms with Crippen molar-refractivity contribution >= 4 is 0 Å². The summed E-state index contributed by atoms with van der Waals surface area (Å²) in [6.45, 7) is 4.66. The predicted molar refractivity (Wildman–Crippen MR) is 77.3 cm³/mol. The molecule has 0 saturated heterocycles. The minimum atomic E-state index is 0.809. The molecule has 1 rings (SSSR count). The molecule has 102 valence electrons. The molecule has 3 unspecified atom stereocenters. The van der Waals surface area contributed by atoms with Crippen molar-refractivity contribution in [1.29, 1.82) is 0 Å². The van der Waals surface area contributed by atoms with Crippen LogP contribution in [0.3, 0.4) is 0 Å². The summed E-state index contributed by atoms with van der Waals surface area (Å²) in [5.74, 6) is 1.97. The lowest BCUT2D eigenvalue weighted by atomic mass is 9.75. The van der Waals surface area contributed by atoms with E-state index in [1.54, 1.807) is 0 Å². The molecule has 1 heteroatoms. The van der Waals surface area contributed by atoms with Gasteiger partial charge >= 0.3 is 0 Å². The maximum atomic E-state index is 3.55. The fourth-order valence-corrected chi connectivity index (χ4v) is 3.44. The van der Waals surface area contributed by atoms with E-state index in [0.29, 0.717) is 0 Å². The number of nitrogens with one attached hydrogen (secondary N) is 1. The van der Waals surface area contributed by atoms with Gasteiger partial charge in [0.1, 0.15) is 0 Å². The maximum absolute atomic E-state index is 3.55. The van der Waals surface area contributed by atoms with E-state index in [4.69, 9.17) is 0 Å². The fourth-order valence-electron chi connectivity index (χ4n) is 3.44. The zero-order chi connectivity index (χ0) is 12.5. The number of hydrogen-bond donors (Lipinski definition) is 1. The Hall–Kier alpha value is -0.0400. The zero-order valence-electron chi connectivity index (χ0n) is 12.3. The molecule has 0 aromatic heterocycles. The first-order valence-electron chi connectivity index (χ1n) is 7.99. The second kappa shape index (κ2) is 8.97. The third-order valence-corrected chi connectivity index (χ3v) is 4.72. The van der Waals surface area contributed by atoms with Gasteiger partial charge < -0.3 is 5.32 Å². The van der Waals surface area contributed by atoms with Gasteiger partial charge in [0, 0.05) is 6.04 Å². The van der Waals surface area contributed by atoms with Crippen LogP contribution in [-0.4, -0.2) is 13.1 Å². The van der Waals surface area contributed by atoms with E-state index in [1.165, 1.54) is 64.2 Å². The SMILES string of the molecule is CCCCCCCC1CC(CC)CCC1NC. The molecule has 0 spiro atoms. The molecule has 0 bridgehead atoms. The first-order valence-corrected chi connectivity index (χ1v) is 7.99. The lowest BCUT2D eigenvalue weighted by Crippen LogP contribution is -2.38. The number of rotatable bonds is 8. The Labute approximate surface area is 109 Å². The van der Waals surface area contributed by atoms with Crippen LogP contribution < -0.4 is 5.32 Å². The molecule has 0 aromatic rings. The summed E-state index contributed by atoms with van der Waals surface area (Å²) in [5, 5.41) is 3.55. The van der Waals surface area contributed by atoms with Crippen LogP contribution in [0.2, 0.25) is 0 Å². The van der Waals surface area contributed by atoms with Gasteiger partial charge in [-0.3, -0.25) is 0 Å². The van der Waals surface area contributed by atoms with Gasteiger partial charge in [0.2, 0.25) is 0 Å². The van der Waals surface area contributed by atoms with E-state index in [9.17, 15) is 0 Å². The van der Waals surface area contributed by atoms with Crippen LogP contribution >= 0.6 is 0 Å². The summed E-state index contributed by atoms with van der Waals surface area (Å²) in [6, 6.07) is 0.809. The first-order chi connectivity index (χ1) is 8.31. The minimum absolute atomic E-state index is 0.809. The second-order valence-electron chi connectivity index (χ2n) is 5.95. The topological polar surface area (TPSA) is 12.0 Å². The molecule has 1 aliphatic carbocycles. The Morgan fingerprint density at radius 3 is 2.41 bits per heavy atom. The summed E-state index contributed by atoms with van der Waals surface area (Å²) in [6.07, 6.45) is 14.4. The van der Waals surface area contributed by atoms with E-state index in [1.807, 2.05) is 0 Å². The Morgan fingerprint density at radius 1 is 1.00 bits per heavy atom. The summed E-state index contributed by atoms with van der Waals surface area (Å²) >= 11 is 0. The van der Waals surface area contributed by atoms with Gasteiger partial charge in [-0.25, -0.2) is 0 Å². The predicted octanol–water partition coefficient (Wildman–Crippen LogP) is 4.76. The minimum Gasteiger partial charge on any atom is -0.317 e. The highest BCUT2D eigenvalue weighted by Gasteiger charge is 2.27. The molecule has 1 aliphatic rings. The van der Waals surface area contributed by atoms with Crippen molar-refractivity contribution in [3.05, 3.63) is 0 Å². The van der Waals surface area contributed by atoms with E-state index < -0.39 is 0 Å². The van der Waals surface area contributed by atoms with E-state index >= 15 is 0 Å². The molecular weight excluding hydrogens is 206 g/mol. The van der Waals surface area contributed by atoms with E-state index in [2.05, 4.69) is 26.2 Å². The van der Waals surface area contributed by atoms with Crippen molar-refractivity contribution < 1.29 is 0 Å². The van der Waals surface area contributed by atoms with Gasteiger partial charge in [-0.2, -0.15) is 0 Å². The lowest BCUT2D eigenvalue weighted by Gasteiger charge is -2.36. The first kappa shape index (κ1) is 15.0. The number of hydrogen-bond acceptors (Lipinski definition) is 1. The van der Waals surface area contributed by atoms with Crippen LogP contribution in [0.4, 0.5) is 0 Å². The van der Waals surface area contributed by atoms with Gasteiger partial charge in [-0.15, -0.1) is 0 Å². The molecule has 0 heterocycles. The fraction of sp³-hybridized carbons (Fsp3) is 1.00. The average Bonchev–Trinajstić information content (AvgIpc) is 2.38. The van der Waals surface area contributed by atoms with Gasteiger partial charge in [0.25, 0.3) is 0 Å². The van der Waals surface area contributed by atoms with Crippen LogP contribution in [0.25, 0.3) is 0 Å². The Bertz CT molecular complexity index is 178. The van der Waals surface area contributed by atoms with Crippen molar-refractivity contribution in [1.82, 2.24) is 5.32 Å². The smallest absolute Gasteiger partial charge is 0.00925 e. The van der Waals surface area contributed by atoms with Crippen molar-refractivity contribution in [2.75, 3.05) is 7.05 Å². The van der Waals surface area contributed by atoms with Gasteiger partial charge in [-0.05, 0) is 44.6 Å². The van der Waals surface area contributed by atoms with Crippen LogP contribution in [0, 0.1) is 11.8 Å². The molecule has 3 atom stereocenters. The van der Waals surface area contributed by atoms with Crippen LogP contribution in [0.1, 0.15) is 78.1 Å². The van der Waals surface area contributed by atoms with Gasteiger partial charge in [-0.1, -0.05) is 52.4 Å². The summed E-state index contributed by atoms with van der Waals surface area (Å²) < 4.78 is 0. The molecular formula is C16H33N. The quantitative estimate of drug-likeness (QED) is 0.602. The Morgan fingerprint density at radius 2 is 1.76 bits per heavy atom. The van der Waals surface area contributed by atoms with Crippen molar-refractivity contribution in [3.63, 3.8) is 0 Å². The molecule has 1 N–H and O–H groups in total. The van der Waals surface area contributed by atoms with E-state index in [-0.39, 0.29) is 0 Å². The summed E-state index contributed by atoms with van der Waals surface area (Å²) in [7, 11) is 2.15. The van der Waals surface area contributed by atoms with Crippen molar-refractivity contribution in [2.24, 2.45) is 11.8 Å². The molecule has 0 radical (unpaired) electrons. The lowest BCUT2D eigenvalue weighted by molar-refractivity contribution is 0.192. The Balaban J connectivity index is 2.21. The number of unbranched alkanes of at least 4 members (excludes halogenated alkanes) is 4. The third-order valence-electron chi connectivity index (χ3n) is 4.72. The van der Waals surface area contributed by atoms with E-state index in [0.717, 1.165) is 17.9 Å². The monoisotopic (exact) mass is 239 g/mol. The standard InChI is InChI=1S/C16H33N/c1-4-6-7-8-9-10-15-13-14(5-2)11-12-16(15)17-3/h14-17H,4-13H2,1-3H3. The van der Waals surface area contributed by atoms with Gasteiger partial charge in [0.15, 0.2) is 0 Å². The Kier molecular flexibility index (Phi) is 7.92. The third kappa shape index (κ3) is 5.42. The molecule has 1 nitrogen and oxygen atoms in total. The second-order valence-corrected chi connectivity index (χ2v) is 5.95. The molecule has 17 heavy (non-hydrogen) atoms.